The zero-order valence-corrected chi connectivity index (χ0v) is 34.8. The van der Waals surface area contributed by atoms with Gasteiger partial charge in [0.2, 0.25) is 11.4 Å². The molecule has 7 aromatic rings. The summed E-state index contributed by atoms with van der Waals surface area (Å²) in [5.74, 6) is 2.16. The maximum atomic E-state index is 6.67. The molecule has 0 amide bonds. The maximum absolute atomic E-state index is 6.67. The number of rotatable bonds is 5. The largest absolute Gasteiger partial charge is 0.509 e. The van der Waals surface area contributed by atoms with Gasteiger partial charge in [0.05, 0.1) is 5.69 Å². The van der Waals surface area contributed by atoms with Gasteiger partial charge in [-0.1, -0.05) is 110 Å². The van der Waals surface area contributed by atoms with Crippen molar-refractivity contribution in [3.8, 4) is 17.3 Å². The smallest absolute Gasteiger partial charge is 0.225 e. The van der Waals surface area contributed by atoms with Crippen molar-refractivity contribution in [2.75, 3.05) is 0 Å². The van der Waals surface area contributed by atoms with E-state index in [2.05, 4.69) is 183 Å². The Morgan fingerprint density at radius 2 is 1.22 bits per heavy atom. The number of para-hydroxylation sites is 2. The number of fused-ring (bicyclic) bond motifs is 7. The average Bonchev–Trinajstić information content (AvgIpc) is 3.61. The molecule has 2 aromatic heterocycles. The first-order chi connectivity index (χ1) is 25.1. The summed E-state index contributed by atoms with van der Waals surface area (Å²) in [4.78, 5) is 4.92. The summed E-state index contributed by atoms with van der Waals surface area (Å²) >= 11 is 0. The molecule has 54 heavy (non-hydrogen) atoms. The normalized spacial score (nSPS) is 19.1. The summed E-state index contributed by atoms with van der Waals surface area (Å²) in [5.41, 5.74) is 10.8. The number of ether oxygens (including phenoxy) is 1. The van der Waals surface area contributed by atoms with Gasteiger partial charge >= 0.3 is 0 Å². The van der Waals surface area contributed by atoms with E-state index in [9.17, 15) is 0 Å². The van der Waals surface area contributed by atoms with Gasteiger partial charge in [-0.05, 0) is 56.5 Å². The standard InChI is InChI=1S/C48H47N4O.Pt/c1-46(2,3)32-14-12-15-35(26-32)51-31-52(51,44-19-11-10-18-43(44)51)36-16-13-17-37(29-36)53-38-21-23-40-39-22-20-33(47(4,5)6)27-41(39)50(42(40)30-38)45-28-34(24-25-49-45)48(7,8)9;/h10-28,31H,1-9H3;/q-1;/t51-,52?;/m0./s1. The zero-order valence-electron chi connectivity index (χ0n) is 32.6. The van der Waals surface area contributed by atoms with E-state index in [0.717, 1.165) is 27.9 Å². The van der Waals surface area contributed by atoms with Crippen LogP contribution in [0.25, 0.3) is 27.6 Å². The molecule has 0 bridgehead atoms. The molecule has 2 atom stereocenters. The Morgan fingerprint density at radius 3 is 1.94 bits per heavy atom. The number of benzene rings is 5. The molecule has 2 aliphatic heterocycles. The van der Waals surface area contributed by atoms with Crippen molar-refractivity contribution in [1.82, 2.24) is 18.7 Å². The van der Waals surface area contributed by atoms with Crippen LogP contribution >= 0.6 is 0 Å². The van der Waals surface area contributed by atoms with Gasteiger partial charge in [-0.25, -0.2) is 9.58 Å². The van der Waals surface area contributed by atoms with E-state index in [1.807, 2.05) is 18.3 Å². The van der Waals surface area contributed by atoms with Crippen molar-refractivity contribution in [2.24, 2.45) is 0 Å². The molecule has 0 aliphatic carbocycles. The quantitative estimate of drug-likeness (QED) is 0.0978. The second-order valence-electron chi connectivity index (χ2n) is 17.8. The van der Waals surface area contributed by atoms with E-state index in [1.165, 1.54) is 39.1 Å². The molecule has 4 heterocycles. The minimum atomic E-state index is -0.0184. The van der Waals surface area contributed by atoms with Crippen LogP contribution in [-0.2, 0) is 37.3 Å². The first-order valence-corrected chi connectivity index (χ1v) is 18.7. The fourth-order valence-electron chi connectivity index (χ4n) is 8.12. The van der Waals surface area contributed by atoms with Gasteiger partial charge < -0.3 is 9.30 Å². The molecule has 0 N–H and O–H groups in total. The van der Waals surface area contributed by atoms with Crippen LogP contribution in [0.2, 0.25) is 0 Å². The molecule has 0 radical (unpaired) electrons. The van der Waals surface area contributed by atoms with E-state index in [4.69, 9.17) is 9.72 Å². The molecular weight excluding hydrogens is 844 g/mol. The zero-order chi connectivity index (χ0) is 37.1. The van der Waals surface area contributed by atoms with E-state index in [1.54, 1.807) is 0 Å². The number of hydrogen-bond acceptors (Lipinski definition) is 2. The van der Waals surface area contributed by atoms with E-state index < -0.39 is 0 Å². The molecule has 2 aliphatic rings. The Kier molecular flexibility index (Phi) is 8.25. The van der Waals surface area contributed by atoms with Crippen molar-refractivity contribution < 1.29 is 25.8 Å². The van der Waals surface area contributed by atoms with Crippen LogP contribution in [0.1, 0.15) is 79.0 Å². The molecule has 276 valence electrons. The van der Waals surface area contributed by atoms with Crippen molar-refractivity contribution in [3.63, 3.8) is 0 Å². The molecule has 0 saturated carbocycles. The minimum absolute atomic E-state index is 0. The number of hydrogen-bond donors (Lipinski definition) is 0. The molecule has 1 fully saturated rings. The molecule has 1 unspecified atom stereocenters. The summed E-state index contributed by atoms with van der Waals surface area (Å²) in [6, 6.07) is 46.7. The van der Waals surface area contributed by atoms with Crippen molar-refractivity contribution in [2.45, 2.75) is 78.6 Å². The topological polar surface area (TPSA) is 27.1 Å². The van der Waals surface area contributed by atoms with Crippen LogP contribution in [0, 0.1) is 18.8 Å². The fourth-order valence-corrected chi connectivity index (χ4v) is 8.12. The first kappa shape index (κ1) is 36.4. The maximum Gasteiger partial charge on any atom is 0.225 e. The van der Waals surface area contributed by atoms with Gasteiger partial charge in [0.1, 0.15) is 5.82 Å². The predicted octanol–water partition coefficient (Wildman–Crippen LogP) is 12.8. The van der Waals surface area contributed by atoms with Gasteiger partial charge in [-0.2, -0.15) is 16.7 Å². The molecule has 6 heteroatoms. The van der Waals surface area contributed by atoms with Crippen molar-refractivity contribution >= 4 is 44.6 Å². The van der Waals surface area contributed by atoms with Gasteiger partial charge in [0.15, 0.2) is 12.4 Å². The summed E-state index contributed by atoms with van der Waals surface area (Å²) < 4.78 is 10.1. The van der Waals surface area contributed by atoms with Crippen LogP contribution in [0.3, 0.4) is 0 Å². The van der Waals surface area contributed by atoms with E-state index in [-0.39, 0.29) is 37.3 Å². The van der Waals surface area contributed by atoms with Gasteiger partial charge in [0.25, 0.3) is 0 Å². The Bertz CT molecular complexity index is 2600. The van der Waals surface area contributed by atoms with Crippen molar-refractivity contribution in [3.05, 3.63) is 151 Å². The molecule has 5 nitrogen and oxygen atoms in total. The Morgan fingerprint density at radius 1 is 0.593 bits per heavy atom. The van der Waals surface area contributed by atoms with Crippen LogP contribution in [0.4, 0.5) is 22.7 Å². The van der Waals surface area contributed by atoms with E-state index in [0.29, 0.717) is 20.7 Å². The third-order valence-electron chi connectivity index (χ3n) is 11.2. The summed E-state index contributed by atoms with van der Waals surface area (Å²) in [6.45, 7) is 22.7. The van der Waals surface area contributed by atoms with Gasteiger partial charge in [0, 0.05) is 68.5 Å². The van der Waals surface area contributed by atoms with Gasteiger partial charge in [-0.3, -0.25) is 0 Å². The third kappa shape index (κ3) is 5.42. The Balaban J connectivity index is 0.00000413. The van der Waals surface area contributed by atoms with E-state index >= 15 is 0 Å². The third-order valence-corrected chi connectivity index (χ3v) is 11.2. The summed E-state index contributed by atoms with van der Waals surface area (Å²) in [5, 5.41) is 2.28. The summed E-state index contributed by atoms with van der Waals surface area (Å²) in [7, 11) is 0. The molecule has 1 saturated heterocycles. The second-order valence-corrected chi connectivity index (χ2v) is 17.8. The molecular formula is C48H47N4OPt-. The van der Waals surface area contributed by atoms with Crippen LogP contribution in [-0.4, -0.2) is 9.55 Å². The first-order valence-electron chi connectivity index (χ1n) is 18.7. The minimum Gasteiger partial charge on any atom is -0.509 e. The van der Waals surface area contributed by atoms with Crippen LogP contribution in [0.15, 0.2) is 115 Å². The summed E-state index contributed by atoms with van der Waals surface area (Å²) in [6.07, 6.45) is 1.92. The second kappa shape index (κ2) is 12.2. The molecule has 0 spiro atoms. The van der Waals surface area contributed by atoms with Crippen LogP contribution < -0.4 is 13.9 Å². The Hall–Kier alpha value is -4.54. The number of nitrogens with zero attached hydrogens (tertiary/aromatic N) is 4. The monoisotopic (exact) mass is 890 g/mol. The Labute approximate surface area is 334 Å². The fraction of sp³-hybridized carbons (Fsp3) is 0.250. The number of quaternary nitrogens is 2. The predicted molar refractivity (Wildman–Crippen MR) is 219 cm³/mol. The molecule has 5 aromatic carbocycles. The van der Waals surface area contributed by atoms with Crippen LogP contribution in [0.5, 0.6) is 11.5 Å². The SMILES string of the molecule is CC(C)(C)c1cccc([N@+]23[CH-][N+]2(c2[c-]c(Oc4[c-]c5c(cc4)c4ccc(C(C)(C)C)cc4n5-c4cc(C(C)(C)C)ccn4)ccc2)c2ccccc23)c1.[Pt]. The average molecular weight is 891 g/mol. The number of aromatic nitrogens is 2. The van der Waals surface area contributed by atoms with Crippen molar-refractivity contribution in [1.29, 1.82) is 0 Å². The molecule has 9 rings (SSSR count). The van der Waals surface area contributed by atoms with Gasteiger partial charge in [-0.15, -0.1) is 29.7 Å². The number of pyridine rings is 1.